The predicted molar refractivity (Wildman–Crippen MR) is 124 cm³/mol. The highest BCUT2D eigenvalue weighted by Gasteiger charge is 1.95. The van der Waals surface area contributed by atoms with Crippen molar-refractivity contribution in [3.63, 3.8) is 0 Å². The third-order valence-corrected chi connectivity index (χ3v) is 4.60. The smallest absolute Gasteiger partial charge is 0.113 e. The molecule has 0 saturated carbocycles. The Morgan fingerprint density at radius 3 is 0.969 bits per heavy atom. The fourth-order valence-corrected chi connectivity index (χ4v) is 2.81. The Kier molecular flexibility index (Phi) is 30.3. The lowest BCUT2D eigenvalue weighted by molar-refractivity contribution is -0.0208. The lowest BCUT2D eigenvalue weighted by Crippen LogP contribution is -2.14. The second-order valence-electron chi connectivity index (χ2n) is 7.45. The molecule has 0 atom stereocenters. The highest BCUT2D eigenvalue weighted by atomic mass is 19.1. The molecular formula is C24H49FO7. The molecule has 0 fully saturated rings. The van der Waals surface area contributed by atoms with Crippen LogP contribution in [0, 0.1) is 0 Å². The van der Waals surface area contributed by atoms with Gasteiger partial charge >= 0.3 is 0 Å². The number of halogens is 1. The van der Waals surface area contributed by atoms with Crippen molar-refractivity contribution < 1.29 is 37.5 Å². The van der Waals surface area contributed by atoms with E-state index < -0.39 is 6.67 Å². The summed E-state index contributed by atoms with van der Waals surface area (Å²) in [5, 5.41) is 0. The van der Waals surface area contributed by atoms with Gasteiger partial charge in [-0.15, -0.1) is 0 Å². The predicted octanol–water partition coefficient (Wildman–Crippen LogP) is 4.21. The molecule has 0 aromatic heterocycles. The Morgan fingerprint density at radius 2 is 0.625 bits per heavy atom. The number of hydrogen-bond acceptors (Lipinski definition) is 7. The first kappa shape index (κ1) is 31.6. The Labute approximate surface area is 195 Å². The summed E-state index contributed by atoms with van der Waals surface area (Å²) in [4.78, 5) is 0. The van der Waals surface area contributed by atoms with Crippen LogP contribution in [0.15, 0.2) is 0 Å². The maximum atomic E-state index is 11.8. The van der Waals surface area contributed by atoms with Gasteiger partial charge < -0.3 is 33.2 Å². The van der Waals surface area contributed by atoms with E-state index in [-0.39, 0.29) is 6.61 Å². The van der Waals surface area contributed by atoms with Gasteiger partial charge in [0.15, 0.2) is 0 Å². The fraction of sp³-hybridized carbons (Fsp3) is 1.00. The molecule has 0 rings (SSSR count). The van der Waals surface area contributed by atoms with E-state index in [1.165, 1.54) is 44.9 Å². The van der Waals surface area contributed by atoms with Crippen LogP contribution in [0.5, 0.6) is 0 Å². The summed E-state index contributed by atoms with van der Waals surface area (Å²) in [6.45, 7) is 9.12. The number of hydrogen-bond donors (Lipinski definition) is 0. The molecule has 7 nitrogen and oxygen atoms in total. The Balaban J connectivity index is 2.98. The second kappa shape index (κ2) is 30.6. The first-order chi connectivity index (χ1) is 15.9. The molecule has 32 heavy (non-hydrogen) atoms. The van der Waals surface area contributed by atoms with Gasteiger partial charge in [0.05, 0.1) is 85.9 Å². The zero-order valence-electron chi connectivity index (χ0n) is 20.5. The lowest BCUT2D eigenvalue weighted by Gasteiger charge is -2.08. The largest absolute Gasteiger partial charge is 0.379 e. The Bertz CT molecular complexity index is 295. The van der Waals surface area contributed by atoms with Crippen molar-refractivity contribution in [1.82, 2.24) is 0 Å². The number of ether oxygens (including phenoxy) is 7. The van der Waals surface area contributed by atoms with Crippen molar-refractivity contribution in [2.45, 2.75) is 58.3 Å². The first-order valence-electron chi connectivity index (χ1n) is 12.5. The average molecular weight is 469 g/mol. The van der Waals surface area contributed by atoms with Crippen LogP contribution < -0.4 is 0 Å². The van der Waals surface area contributed by atoms with E-state index in [1.54, 1.807) is 0 Å². The van der Waals surface area contributed by atoms with Gasteiger partial charge in [-0.25, -0.2) is 4.39 Å². The molecule has 194 valence electrons. The number of rotatable bonds is 29. The van der Waals surface area contributed by atoms with Crippen molar-refractivity contribution >= 4 is 0 Å². The molecule has 0 amide bonds. The van der Waals surface area contributed by atoms with Gasteiger partial charge in [-0.3, -0.25) is 0 Å². The van der Waals surface area contributed by atoms with Crippen LogP contribution in [0.1, 0.15) is 58.3 Å². The molecule has 0 aliphatic rings. The average Bonchev–Trinajstić information content (AvgIpc) is 2.81. The van der Waals surface area contributed by atoms with Crippen LogP contribution in [0.25, 0.3) is 0 Å². The molecular weight excluding hydrogens is 419 g/mol. The summed E-state index contributed by atoms with van der Waals surface area (Å²) in [5.41, 5.74) is 0. The van der Waals surface area contributed by atoms with Crippen molar-refractivity contribution in [2.24, 2.45) is 0 Å². The first-order valence-corrected chi connectivity index (χ1v) is 12.5. The molecule has 0 N–H and O–H groups in total. The summed E-state index contributed by atoms with van der Waals surface area (Å²) >= 11 is 0. The molecule has 0 bridgehead atoms. The van der Waals surface area contributed by atoms with Gasteiger partial charge in [-0.1, -0.05) is 51.9 Å². The van der Waals surface area contributed by atoms with E-state index in [9.17, 15) is 4.39 Å². The normalized spacial score (nSPS) is 11.4. The molecule has 0 aliphatic heterocycles. The van der Waals surface area contributed by atoms with Crippen LogP contribution in [-0.2, 0) is 33.2 Å². The summed E-state index contributed by atoms with van der Waals surface area (Å²) in [5.74, 6) is 0. The molecule has 0 spiro atoms. The van der Waals surface area contributed by atoms with Gasteiger partial charge in [0, 0.05) is 6.61 Å². The van der Waals surface area contributed by atoms with E-state index in [2.05, 4.69) is 6.92 Å². The van der Waals surface area contributed by atoms with E-state index in [0.29, 0.717) is 79.3 Å². The molecule has 0 heterocycles. The van der Waals surface area contributed by atoms with Gasteiger partial charge in [0.1, 0.15) is 6.67 Å². The standard InChI is InChI=1S/C24H49FO7/c1-2-3-4-5-6-7-8-9-11-26-13-15-28-17-19-30-21-23-32-24-22-31-20-18-29-16-14-27-12-10-25/h2-24H2,1H3. The lowest BCUT2D eigenvalue weighted by atomic mass is 10.1. The van der Waals surface area contributed by atoms with Crippen molar-refractivity contribution in [1.29, 1.82) is 0 Å². The second-order valence-corrected chi connectivity index (χ2v) is 7.45. The summed E-state index contributed by atoms with van der Waals surface area (Å²) < 4.78 is 49.3. The van der Waals surface area contributed by atoms with Gasteiger partial charge in [0.25, 0.3) is 0 Å². The van der Waals surface area contributed by atoms with Gasteiger partial charge in [-0.05, 0) is 6.42 Å². The third-order valence-electron chi connectivity index (χ3n) is 4.60. The molecule has 0 aromatic carbocycles. The molecule has 0 unspecified atom stereocenters. The van der Waals surface area contributed by atoms with Crippen LogP contribution >= 0.6 is 0 Å². The van der Waals surface area contributed by atoms with Crippen molar-refractivity contribution in [2.75, 3.05) is 99.2 Å². The monoisotopic (exact) mass is 468 g/mol. The van der Waals surface area contributed by atoms with Crippen LogP contribution in [0.4, 0.5) is 4.39 Å². The minimum Gasteiger partial charge on any atom is -0.379 e. The van der Waals surface area contributed by atoms with E-state index in [0.717, 1.165) is 13.0 Å². The van der Waals surface area contributed by atoms with Gasteiger partial charge in [-0.2, -0.15) is 0 Å². The maximum Gasteiger partial charge on any atom is 0.113 e. The zero-order valence-corrected chi connectivity index (χ0v) is 20.5. The summed E-state index contributed by atoms with van der Waals surface area (Å²) in [6, 6.07) is 0. The van der Waals surface area contributed by atoms with Crippen molar-refractivity contribution in [3.05, 3.63) is 0 Å². The molecule has 0 saturated heterocycles. The molecule has 0 aromatic rings. The number of alkyl halides is 1. The quantitative estimate of drug-likeness (QED) is 0.152. The van der Waals surface area contributed by atoms with E-state index in [4.69, 9.17) is 33.2 Å². The van der Waals surface area contributed by atoms with Crippen molar-refractivity contribution in [3.8, 4) is 0 Å². The number of unbranched alkanes of at least 4 members (excludes halogenated alkanes) is 7. The van der Waals surface area contributed by atoms with Crippen LogP contribution in [0.2, 0.25) is 0 Å². The summed E-state index contributed by atoms with van der Waals surface area (Å²) in [7, 11) is 0. The topological polar surface area (TPSA) is 64.6 Å². The Morgan fingerprint density at radius 1 is 0.344 bits per heavy atom. The molecule has 8 heteroatoms. The summed E-state index contributed by atoms with van der Waals surface area (Å²) in [6.07, 6.45) is 10.5. The van der Waals surface area contributed by atoms with Crippen LogP contribution in [0.3, 0.4) is 0 Å². The molecule has 0 radical (unpaired) electrons. The zero-order chi connectivity index (χ0) is 23.2. The Hall–Kier alpha value is -0.350. The van der Waals surface area contributed by atoms with Gasteiger partial charge in [0.2, 0.25) is 0 Å². The van der Waals surface area contributed by atoms with Crippen LogP contribution in [-0.4, -0.2) is 99.2 Å². The van der Waals surface area contributed by atoms with E-state index in [1.807, 2.05) is 0 Å². The fourth-order valence-electron chi connectivity index (χ4n) is 2.81. The third kappa shape index (κ3) is 29.7. The maximum absolute atomic E-state index is 11.8. The SMILES string of the molecule is CCCCCCCCCCOCCOCCOCCOCCOCCOCCOCCF. The minimum atomic E-state index is -0.461. The minimum absolute atomic E-state index is 0.127. The highest BCUT2D eigenvalue weighted by Crippen LogP contribution is 2.08. The molecule has 0 aliphatic carbocycles. The highest BCUT2D eigenvalue weighted by molar-refractivity contribution is 4.46. The van der Waals surface area contributed by atoms with E-state index >= 15 is 0 Å².